The van der Waals surface area contributed by atoms with Crippen LogP contribution in [0.2, 0.25) is 0 Å². The van der Waals surface area contributed by atoms with E-state index in [2.05, 4.69) is 33.9 Å². The lowest BCUT2D eigenvalue weighted by Gasteiger charge is -2.12. The zero-order valence-corrected chi connectivity index (χ0v) is 15.2. The van der Waals surface area contributed by atoms with Gasteiger partial charge >= 0.3 is 0 Å². The largest absolute Gasteiger partial charge is 0.357 e. The van der Waals surface area contributed by atoms with Crippen molar-refractivity contribution in [2.75, 3.05) is 18.4 Å². The molecule has 0 heterocycles. The van der Waals surface area contributed by atoms with Crippen molar-refractivity contribution in [3.05, 3.63) is 29.8 Å². The summed E-state index contributed by atoms with van der Waals surface area (Å²) in [5.74, 6) is 2.04. The fourth-order valence-electron chi connectivity index (χ4n) is 3.25. The molecule has 0 unspecified atom stereocenters. The third-order valence-electron chi connectivity index (χ3n) is 4.94. The molecule has 0 radical (unpaired) electrons. The van der Waals surface area contributed by atoms with Crippen LogP contribution in [0.4, 0.5) is 5.69 Å². The van der Waals surface area contributed by atoms with Crippen LogP contribution in [0.5, 0.6) is 0 Å². The summed E-state index contributed by atoms with van der Waals surface area (Å²) in [6.07, 6.45) is 7.05. The molecule has 1 amide bonds. The monoisotopic (exact) mass is 342 g/mol. The van der Waals surface area contributed by atoms with Crippen LogP contribution in [0.1, 0.15) is 51.0 Å². The smallest absolute Gasteiger partial charge is 0.227 e. The molecule has 5 nitrogen and oxygen atoms in total. The van der Waals surface area contributed by atoms with E-state index in [1.54, 1.807) is 0 Å². The van der Waals surface area contributed by atoms with E-state index in [4.69, 9.17) is 0 Å². The number of carbonyl (C=O) groups excluding carboxylic acids is 1. The lowest BCUT2D eigenvalue weighted by Crippen LogP contribution is -2.38. The van der Waals surface area contributed by atoms with Gasteiger partial charge in [-0.05, 0) is 56.2 Å². The van der Waals surface area contributed by atoms with E-state index in [1.165, 1.54) is 25.7 Å². The number of hydrogen-bond donors (Lipinski definition) is 3. The van der Waals surface area contributed by atoms with Gasteiger partial charge < -0.3 is 16.0 Å². The number of carbonyl (C=O) groups is 1. The number of rotatable bonds is 7. The van der Waals surface area contributed by atoms with Crippen LogP contribution in [0, 0.1) is 11.8 Å². The van der Waals surface area contributed by atoms with E-state index < -0.39 is 0 Å². The minimum Gasteiger partial charge on any atom is -0.357 e. The zero-order valence-electron chi connectivity index (χ0n) is 15.2. The van der Waals surface area contributed by atoms with Crippen molar-refractivity contribution < 1.29 is 4.79 Å². The molecule has 3 N–H and O–H groups in total. The molecule has 25 heavy (non-hydrogen) atoms. The van der Waals surface area contributed by atoms with Crippen LogP contribution >= 0.6 is 0 Å². The first-order valence-electron chi connectivity index (χ1n) is 9.66. The van der Waals surface area contributed by atoms with E-state index in [9.17, 15) is 4.79 Å². The summed E-state index contributed by atoms with van der Waals surface area (Å²) in [4.78, 5) is 16.9. The second-order valence-electron chi connectivity index (χ2n) is 7.19. The van der Waals surface area contributed by atoms with Gasteiger partial charge in [-0.1, -0.05) is 25.0 Å². The molecular weight excluding hydrogens is 312 g/mol. The van der Waals surface area contributed by atoms with Crippen LogP contribution in [-0.2, 0) is 11.3 Å². The van der Waals surface area contributed by atoms with Gasteiger partial charge in [0.25, 0.3) is 0 Å². The van der Waals surface area contributed by atoms with Crippen molar-refractivity contribution in [3.63, 3.8) is 0 Å². The summed E-state index contributed by atoms with van der Waals surface area (Å²) < 4.78 is 0. The van der Waals surface area contributed by atoms with Gasteiger partial charge in [0.1, 0.15) is 0 Å². The van der Waals surface area contributed by atoms with E-state index in [0.717, 1.165) is 49.1 Å². The maximum Gasteiger partial charge on any atom is 0.227 e. The molecule has 0 spiro atoms. The predicted octanol–water partition coefficient (Wildman–Crippen LogP) is 3.28. The quantitative estimate of drug-likeness (QED) is 0.526. The van der Waals surface area contributed by atoms with Gasteiger partial charge in [-0.3, -0.25) is 4.79 Å². The summed E-state index contributed by atoms with van der Waals surface area (Å²) in [6, 6.07) is 8.02. The zero-order chi connectivity index (χ0) is 17.5. The second kappa shape index (κ2) is 8.88. The Labute approximate surface area is 150 Å². The Morgan fingerprint density at radius 2 is 1.96 bits per heavy atom. The number of nitrogens with one attached hydrogen (secondary N) is 3. The van der Waals surface area contributed by atoms with Gasteiger partial charge in [0.2, 0.25) is 5.91 Å². The van der Waals surface area contributed by atoms with Crippen molar-refractivity contribution in [1.82, 2.24) is 10.6 Å². The lowest BCUT2D eigenvalue weighted by atomic mass is 10.1. The number of guanidine groups is 1. The Morgan fingerprint density at radius 1 is 1.16 bits per heavy atom. The van der Waals surface area contributed by atoms with Gasteiger partial charge in [0.05, 0.1) is 6.54 Å². The highest BCUT2D eigenvalue weighted by atomic mass is 16.1. The molecule has 3 rings (SSSR count). The molecule has 0 atom stereocenters. The molecule has 5 heteroatoms. The third kappa shape index (κ3) is 5.76. The lowest BCUT2D eigenvalue weighted by molar-refractivity contribution is -0.119. The summed E-state index contributed by atoms with van der Waals surface area (Å²) in [5.41, 5.74) is 1.98. The number of anilines is 1. The Bertz CT molecular complexity index is 603. The number of hydrogen-bond acceptors (Lipinski definition) is 2. The summed E-state index contributed by atoms with van der Waals surface area (Å²) in [7, 11) is 0. The molecule has 2 aliphatic rings. The first kappa shape index (κ1) is 17.8. The average molecular weight is 342 g/mol. The van der Waals surface area contributed by atoms with Gasteiger partial charge in [-0.15, -0.1) is 0 Å². The maximum atomic E-state index is 12.3. The van der Waals surface area contributed by atoms with Crippen LogP contribution in [0.15, 0.2) is 29.3 Å². The van der Waals surface area contributed by atoms with Crippen LogP contribution in [0.3, 0.4) is 0 Å². The fourth-order valence-corrected chi connectivity index (χ4v) is 3.25. The maximum absolute atomic E-state index is 12.3. The van der Waals surface area contributed by atoms with E-state index in [1.807, 2.05) is 18.2 Å². The molecular formula is C20H30N4O. The number of aliphatic imine (C=N–C) groups is 1. The highest BCUT2D eigenvalue weighted by Gasteiger charge is 2.22. The fraction of sp³-hybridized carbons (Fsp3) is 0.600. The Balaban J connectivity index is 1.55. The third-order valence-corrected chi connectivity index (χ3v) is 4.94. The highest BCUT2D eigenvalue weighted by Crippen LogP contribution is 2.27. The SMILES string of the molecule is CCNC(=NCc1cccc(NC(=O)C2CCCC2)c1)NCC1CC1. The van der Waals surface area contributed by atoms with Gasteiger partial charge in [0, 0.05) is 24.7 Å². The van der Waals surface area contributed by atoms with Crippen LogP contribution < -0.4 is 16.0 Å². The molecule has 2 fully saturated rings. The van der Waals surface area contributed by atoms with Crippen molar-refractivity contribution >= 4 is 17.6 Å². The molecule has 136 valence electrons. The summed E-state index contributed by atoms with van der Waals surface area (Å²) in [5, 5.41) is 9.76. The molecule has 0 aliphatic heterocycles. The van der Waals surface area contributed by atoms with Gasteiger partial charge in [-0.25, -0.2) is 4.99 Å². The first-order chi connectivity index (χ1) is 12.2. The molecule has 2 saturated carbocycles. The van der Waals surface area contributed by atoms with Crippen molar-refractivity contribution in [1.29, 1.82) is 0 Å². The first-order valence-corrected chi connectivity index (χ1v) is 9.66. The van der Waals surface area contributed by atoms with Gasteiger partial charge in [-0.2, -0.15) is 0 Å². The molecule has 1 aromatic carbocycles. The van der Waals surface area contributed by atoms with E-state index in [-0.39, 0.29) is 11.8 Å². The number of benzene rings is 1. The molecule has 0 saturated heterocycles. The topological polar surface area (TPSA) is 65.5 Å². The van der Waals surface area contributed by atoms with Crippen LogP contribution in [0.25, 0.3) is 0 Å². The number of amides is 1. The Morgan fingerprint density at radius 3 is 2.68 bits per heavy atom. The average Bonchev–Trinajstić information content (AvgIpc) is 3.28. The molecule has 1 aromatic rings. The van der Waals surface area contributed by atoms with Crippen LogP contribution in [-0.4, -0.2) is 25.0 Å². The van der Waals surface area contributed by atoms with Crippen molar-refractivity contribution in [2.24, 2.45) is 16.8 Å². The normalized spacial score (nSPS) is 18.2. The minimum atomic E-state index is 0.164. The Hall–Kier alpha value is -2.04. The highest BCUT2D eigenvalue weighted by molar-refractivity contribution is 5.92. The predicted molar refractivity (Wildman–Crippen MR) is 103 cm³/mol. The van der Waals surface area contributed by atoms with E-state index in [0.29, 0.717) is 6.54 Å². The molecule has 2 aliphatic carbocycles. The van der Waals surface area contributed by atoms with Crippen molar-refractivity contribution in [2.45, 2.75) is 52.0 Å². The van der Waals surface area contributed by atoms with E-state index >= 15 is 0 Å². The standard InChI is InChI=1S/C20H30N4O/c1-2-21-20(22-13-15-10-11-15)23-14-16-6-5-9-18(12-16)24-19(25)17-7-3-4-8-17/h5-6,9,12,15,17H,2-4,7-8,10-11,13-14H2,1H3,(H,24,25)(H2,21,22,23). The Kier molecular flexibility index (Phi) is 6.31. The minimum absolute atomic E-state index is 0.164. The summed E-state index contributed by atoms with van der Waals surface area (Å²) in [6.45, 7) is 4.54. The molecule has 0 bridgehead atoms. The second-order valence-corrected chi connectivity index (χ2v) is 7.19. The number of nitrogens with zero attached hydrogens (tertiary/aromatic N) is 1. The molecule has 0 aromatic heterocycles. The summed E-state index contributed by atoms with van der Waals surface area (Å²) >= 11 is 0. The van der Waals surface area contributed by atoms with Gasteiger partial charge in [0.15, 0.2) is 5.96 Å². The van der Waals surface area contributed by atoms with Crippen molar-refractivity contribution in [3.8, 4) is 0 Å².